The lowest BCUT2D eigenvalue weighted by Crippen LogP contribution is -2.00. The standard InChI is InChI=1S/C27H18N4S/c1-3-11-19(12-4-1)25-28-22-16-8-10-18-24(22)31(25)23-17-9-7-15-21(23)27-30-29-26(32-27)20-13-5-2-6-14-20/h1-18H. The van der Waals surface area contributed by atoms with Crippen molar-refractivity contribution in [1.29, 1.82) is 0 Å². The maximum absolute atomic E-state index is 4.98. The Bertz CT molecular complexity index is 1520. The first-order valence-electron chi connectivity index (χ1n) is 10.4. The lowest BCUT2D eigenvalue weighted by Gasteiger charge is -2.13. The van der Waals surface area contributed by atoms with Gasteiger partial charge < -0.3 is 0 Å². The van der Waals surface area contributed by atoms with Crippen molar-refractivity contribution in [3.05, 3.63) is 109 Å². The molecule has 0 aliphatic rings. The second-order valence-corrected chi connectivity index (χ2v) is 8.40. The normalized spacial score (nSPS) is 11.1. The van der Waals surface area contributed by atoms with E-state index in [0.717, 1.165) is 49.3 Å². The minimum Gasteiger partial charge on any atom is -0.292 e. The van der Waals surface area contributed by atoms with Crippen LogP contribution in [-0.2, 0) is 0 Å². The van der Waals surface area contributed by atoms with Crippen LogP contribution in [0.5, 0.6) is 0 Å². The van der Waals surface area contributed by atoms with Crippen LogP contribution >= 0.6 is 11.3 Å². The van der Waals surface area contributed by atoms with Crippen molar-refractivity contribution >= 4 is 22.4 Å². The zero-order valence-electron chi connectivity index (χ0n) is 17.1. The van der Waals surface area contributed by atoms with Gasteiger partial charge in [-0.2, -0.15) is 0 Å². The third-order valence-corrected chi connectivity index (χ3v) is 6.42. The van der Waals surface area contributed by atoms with Crippen LogP contribution < -0.4 is 0 Å². The quantitative estimate of drug-likeness (QED) is 0.306. The average Bonchev–Trinajstić information content (AvgIpc) is 3.51. The highest BCUT2D eigenvalue weighted by Crippen LogP contribution is 2.36. The molecule has 6 aromatic rings. The smallest absolute Gasteiger partial charge is 0.150 e. The number of nitrogens with zero attached hydrogens (tertiary/aromatic N) is 4. The molecule has 0 saturated carbocycles. The fraction of sp³-hybridized carbons (Fsp3) is 0. The number of rotatable bonds is 4. The van der Waals surface area contributed by atoms with Gasteiger partial charge in [0.1, 0.15) is 15.8 Å². The SMILES string of the molecule is c1ccc(-c2nnc(-c3ccccc3-n3c(-c4ccccc4)nc4ccccc43)s2)cc1. The van der Waals surface area contributed by atoms with E-state index in [1.54, 1.807) is 11.3 Å². The Morgan fingerprint density at radius 3 is 2.00 bits per heavy atom. The van der Waals surface area contributed by atoms with Crippen LogP contribution in [0.2, 0.25) is 0 Å². The van der Waals surface area contributed by atoms with E-state index in [2.05, 4.69) is 75.4 Å². The molecule has 0 fully saturated rings. The second kappa shape index (κ2) is 7.87. The Kier molecular flexibility index (Phi) is 4.59. The molecule has 4 aromatic carbocycles. The molecule has 6 rings (SSSR count). The molecular formula is C27H18N4S. The highest BCUT2D eigenvalue weighted by atomic mass is 32.1. The highest BCUT2D eigenvalue weighted by molar-refractivity contribution is 7.18. The maximum Gasteiger partial charge on any atom is 0.150 e. The van der Waals surface area contributed by atoms with E-state index in [0.29, 0.717) is 0 Å². The minimum atomic E-state index is 0.885. The molecule has 0 N–H and O–H groups in total. The van der Waals surface area contributed by atoms with Crippen molar-refractivity contribution in [2.45, 2.75) is 0 Å². The molecule has 2 heterocycles. The van der Waals surface area contributed by atoms with Gasteiger partial charge in [0.15, 0.2) is 0 Å². The van der Waals surface area contributed by atoms with Crippen molar-refractivity contribution in [2.75, 3.05) is 0 Å². The fourth-order valence-corrected chi connectivity index (χ4v) is 4.81. The van der Waals surface area contributed by atoms with Crippen LogP contribution in [0.25, 0.3) is 49.3 Å². The third-order valence-electron chi connectivity index (χ3n) is 5.41. The summed E-state index contributed by atoms with van der Waals surface area (Å²) in [6.07, 6.45) is 0. The molecule has 32 heavy (non-hydrogen) atoms. The Balaban J connectivity index is 1.57. The van der Waals surface area contributed by atoms with Gasteiger partial charge in [0.25, 0.3) is 0 Å². The van der Waals surface area contributed by atoms with Crippen molar-refractivity contribution in [3.8, 4) is 38.2 Å². The summed E-state index contributed by atoms with van der Waals surface area (Å²) in [5, 5.41) is 10.8. The monoisotopic (exact) mass is 430 g/mol. The summed E-state index contributed by atoms with van der Waals surface area (Å²) < 4.78 is 2.23. The Morgan fingerprint density at radius 1 is 0.562 bits per heavy atom. The number of para-hydroxylation sites is 3. The maximum atomic E-state index is 4.98. The number of imidazole rings is 1. The summed E-state index contributed by atoms with van der Waals surface area (Å²) in [4.78, 5) is 4.98. The average molecular weight is 431 g/mol. The summed E-state index contributed by atoms with van der Waals surface area (Å²) in [7, 11) is 0. The summed E-state index contributed by atoms with van der Waals surface area (Å²) in [6.45, 7) is 0. The van der Waals surface area contributed by atoms with Gasteiger partial charge in [0.2, 0.25) is 0 Å². The van der Waals surface area contributed by atoms with Crippen LogP contribution in [0.3, 0.4) is 0 Å². The molecule has 0 aliphatic heterocycles. The molecule has 5 heteroatoms. The first-order valence-corrected chi connectivity index (χ1v) is 11.2. The van der Waals surface area contributed by atoms with Crippen LogP contribution in [0.4, 0.5) is 0 Å². The first-order chi connectivity index (χ1) is 15.9. The van der Waals surface area contributed by atoms with Gasteiger partial charge >= 0.3 is 0 Å². The third kappa shape index (κ3) is 3.20. The van der Waals surface area contributed by atoms with E-state index in [4.69, 9.17) is 4.98 Å². The molecule has 0 radical (unpaired) electrons. The highest BCUT2D eigenvalue weighted by Gasteiger charge is 2.19. The number of fused-ring (bicyclic) bond motifs is 1. The van der Waals surface area contributed by atoms with E-state index >= 15 is 0 Å². The van der Waals surface area contributed by atoms with Gasteiger partial charge in [-0.25, -0.2) is 4.98 Å². The van der Waals surface area contributed by atoms with E-state index in [1.165, 1.54) is 0 Å². The fourth-order valence-electron chi connectivity index (χ4n) is 3.93. The van der Waals surface area contributed by atoms with Gasteiger partial charge in [0, 0.05) is 16.7 Å². The Morgan fingerprint density at radius 2 is 1.19 bits per heavy atom. The molecule has 0 unspecified atom stereocenters. The van der Waals surface area contributed by atoms with Crippen molar-refractivity contribution < 1.29 is 0 Å². The number of benzene rings is 4. The van der Waals surface area contributed by atoms with Gasteiger partial charge in [-0.15, -0.1) is 10.2 Å². The molecule has 0 saturated heterocycles. The summed E-state index contributed by atoms with van der Waals surface area (Å²) in [5.41, 5.74) is 6.24. The molecule has 0 bridgehead atoms. The summed E-state index contributed by atoms with van der Waals surface area (Å²) in [5.74, 6) is 0.909. The lowest BCUT2D eigenvalue weighted by atomic mass is 10.1. The van der Waals surface area contributed by atoms with Crippen LogP contribution in [-0.4, -0.2) is 19.7 Å². The van der Waals surface area contributed by atoms with E-state index in [9.17, 15) is 0 Å². The van der Waals surface area contributed by atoms with Crippen LogP contribution in [0.1, 0.15) is 0 Å². The van der Waals surface area contributed by atoms with E-state index in [-0.39, 0.29) is 0 Å². The van der Waals surface area contributed by atoms with Gasteiger partial charge in [-0.3, -0.25) is 4.57 Å². The van der Waals surface area contributed by atoms with Crippen molar-refractivity contribution in [2.24, 2.45) is 0 Å². The second-order valence-electron chi connectivity index (χ2n) is 7.42. The number of aromatic nitrogens is 4. The van der Waals surface area contributed by atoms with Crippen molar-refractivity contribution in [1.82, 2.24) is 19.7 Å². The van der Waals surface area contributed by atoms with E-state index in [1.807, 2.05) is 48.5 Å². The molecule has 2 aromatic heterocycles. The lowest BCUT2D eigenvalue weighted by molar-refractivity contribution is 1.08. The molecule has 0 atom stereocenters. The van der Waals surface area contributed by atoms with Crippen molar-refractivity contribution in [3.63, 3.8) is 0 Å². The van der Waals surface area contributed by atoms with E-state index < -0.39 is 0 Å². The predicted octanol–water partition coefficient (Wildman–Crippen LogP) is 6.88. The Labute approximate surface area is 189 Å². The zero-order chi connectivity index (χ0) is 21.3. The summed E-state index contributed by atoms with van der Waals surface area (Å²) >= 11 is 1.60. The molecular weight excluding hydrogens is 412 g/mol. The Hall–Kier alpha value is -4.09. The minimum absolute atomic E-state index is 0.885. The molecule has 0 amide bonds. The molecule has 152 valence electrons. The van der Waals surface area contributed by atoms with Gasteiger partial charge in [-0.05, 0) is 24.3 Å². The number of hydrogen-bond acceptors (Lipinski definition) is 4. The molecule has 4 nitrogen and oxygen atoms in total. The summed E-state index contributed by atoms with van der Waals surface area (Å²) in [6, 6.07) is 37.1. The zero-order valence-corrected chi connectivity index (χ0v) is 17.9. The molecule has 0 aliphatic carbocycles. The van der Waals surface area contributed by atoms with Crippen LogP contribution in [0, 0.1) is 0 Å². The number of hydrogen-bond donors (Lipinski definition) is 0. The predicted molar refractivity (Wildman–Crippen MR) is 131 cm³/mol. The van der Waals surface area contributed by atoms with Gasteiger partial charge in [0.05, 0.1) is 16.7 Å². The topological polar surface area (TPSA) is 43.6 Å². The van der Waals surface area contributed by atoms with Crippen LogP contribution in [0.15, 0.2) is 109 Å². The largest absolute Gasteiger partial charge is 0.292 e. The first kappa shape index (κ1) is 18.7. The molecule has 0 spiro atoms. The van der Waals surface area contributed by atoms with Gasteiger partial charge in [-0.1, -0.05) is 96.3 Å².